The van der Waals surface area contributed by atoms with E-state index in [0.29, 0.717) is 28.3 Å². The van der Waals surface area contributed by atoms with E-state index in [9.17, 15) is 14.9 Å². The molecule has 0 saturated carbocycles. The van der Waals surface area contributed by atoms with Gasteiger partial charge in [-0.2, -0.15) is 5.26 Å². The summed E-state index contributed by atoms with van der Waals surface area (Å²) in [6.07, 6.45) is 1.40. The first-order valence-electron chi connectivity index (χ1n) is 8.47. The van der Waals surface area contributed by atoms with Crippen LogP contribution < -0.4 is 14.8 Å². The van der Waals surface area contributed by atoms with Gasteiger partial charge >= 0.3 is 0 Å². The van der Waals surface area contributed by atoms with Crippen LogP contribution in [0.4, 0.5) is 5.69 Å². The minimum Gasteiger partial charge on any atom is -0.493 e. The fourth-order valence-electron chi connectivity index (χ4n) is 2.49. The molecule has 0 aromatic heterocycles. The highest BCUT2D eigenvalue weighted by molar-refractivity contribution is 6.32. The smallest absolute Gasteiger partial charge is 0.266 e. The summed E-state index contributed by atoms with van der Waals surface area (Å²) in [5.41, 5.74) is 1.33. The van der Waals surface area contributed by atoms with Gasteiger partial charge in [0.15, 0.2) is 11.5 Å². The van der Waals surface area contributed by atoms with Gasteiger partial charge in [-0.05, 0) is 48.0 Å². The number of hydrogen-bond donors (Lipinski definition) is 1. The van der Waals surface area contributed by atoms with Crippen LogP contribution in [0.2, 0.25) is 5.02 Å². The number of rotatable bonds is 6. The first-order valence-corrected chi connectivity index (χ1v) is 8.84. The Morgan fingerprint density at radius 3 is 2.31 bits per heavy atom. The molecule has 2 amide bonds. The first kappa shape index (κ1) is 21.8. The van der Waals surface area contributed by atoms with Crippen molar-refractivity contribution in [1.82, 2.24) is 4.90 Å². The van der Waals surface area contributed by atoms with E-state index in [4.69, 9.17) is 21.1 Å². The SMILES string of the molecule is COc1cc(/C=C(\C#N)C(=O)Nc2ccc(C(=O)N(C)C)cc2)cc(Cl)c1OC. The van der Waals surface area contributed by atoms with Gasteiger partial charge in [0.1, 0.15) is 11.6 Å². The molecule has 2 rings (SSSR count). The van der Waals surface area contributed by atoms with Gasteiger partial charge in [-0.15, -0.1) is 0 Å². The summed E-state index contributed by atoms with van der Waals surface area (Å²) < 4.78 is 10.4. The van der Waals surface area contributed by atoms with E-state index >= 15 is 0 Å². The van der Waals surface area contributed by atoms with E-state index in [-0.39, 0.29) is 16.5 Å². The van der Waals surface area contributed by atoms with Gasteiger partial charge in [0.25, 0.3) is 11.8 Å². The lowest BCUT2D eigenvalue weighted by molar-refractivity contribution is -0.112. The molecule has 0 aliphatic heterocycles. The van der Waals surface area contributed by atoms with Gasteiger partial charge in [-0.3, -0.25) is 9.59 Å². The number of nitriles is 1. The van der Waals surface area contributed by atoms with Crippen molar-refractivity contribution in [1.29, 1.82) is 5.26 Å². The topological polar surface area (TPSA) is 91.7 Å². The number of halogens is 1. The summed E-state index contributed by atoms with van der Waals surface area (Å²) in [4.78, 5) is 25.8. The number of carbonyl (C=O) groups excluding carboxylic acids is 2. The highest BCUT2D eigenvalue weighted by Crippen LogP contribution is 2.36. The average molecular weight is 414 g/mol. The molecular weight excluding hydrogens is 394 g/mol. The van der Waals surface area contributed by atoms with Crippen LogP contribution in [0.5, 0.6) is 11.5 Å². The Morgan fingerprint density at radius 2 is 1.79 bits per heavy atom. The maximum absolute atomic E-state index is 12.5. The minimum absolute atomic E-state index is 0.123. The summed E-state index contributed by atoms with van der Waals surface area (Å²) in [5.74, 6) is 0.00245. The summed E-state index contributed by atoms with van der Waals surface area (Å²) in [6, 6.07) is 11.4. The Labute approximate surface area is 174 Å². The molecule has 0 atom stereocenters. The lowest BCUT2D eigenvalue weighted by Crippen LogP contribution is -2.21. The number of carbonyl (C=O) groups is 2. The van der Waals surface area contributed by atoms with E-state index in [0.717, 1.165) is 0 Å². The third kappa shape index (κ3) is 5.27. The quantitative estimate of drug-likeness (QED) is 0.577. The van der Waals surface area contributed by atoms with Crippen LogP contribution >= 0.6 is 11.6 Å². The number of nitrogens with one attached hydrogen (secondary N) is 1. The maximum atomic E-state index is 12.5. The number of nitrogens with zero attached hydrogens (tertiary/aromatic N) is 2. The summed E-state index contributed by atoms with van der Waals surface area (Å²) in [5, 5.41) is 12.3. The van der Waals surface area contributed by atoms with Gasteiger partial charge in [-0.25, -0.2) is 0 Å². The first-order chi connectivity index (χ1) is 13.8. The van der Waals surface area contributed by atoms with Crippen molar-refractivity contribution >= 4 is 35.2 Å². The fraction of sp³-hybridized carbons (Fsp3) is 0.190. The van der Waals surface area contributed by atoms with Gasteiger partial charge < -0.3 is 19.7 Å². The second kappa shape index (κ2) is 9.62. The lowest BCUT2D eigenvalue weighted by Gasteiger charge is -2.11. The number of amides is 2. The molecule has 0 unspecified atom stereocenters. The molecule has 0 fully saturated rings. The monoisotopic (exact) mass is 413 g/mol. The Balaban J connectivity index is 2.24. The molecule has 150 valence electrons. The van der Waals surface area contributed by atoms with Crippen molar-refractivity contribution in [3.63, 3.8) is 0 Å². The predicted molar refractivity (Wildman–Crippen MR) is 111 cm³/mol. The molecule has 0 heterocycles. The second-order valence-corrected chi connectivity index (χ2v) is 6.55. The van der Waals surface area contributed by atoms with Crippen LogP contribution in [0.3, 0.4) is 0 Å². The van der Waals surface area contributed by atoms with E-state index in [2.05, 4.69) is 5.32 Å². The van der Waals surface area contributed by atoms with Crippen LogP contribution in [0.1, 0.15) is 15.9 Å². The Bertz CT molecular complexity index is 992. The summed E-state index contributed by atoms with van der Waals surface area (Å²) in [7, 11) is 6.24. The Hall–Kier alpha value is -3.50. The predicted octanol–water partition coefficient (Wildman–Crippen LogP) is 3.60. The standard InChI is InChI=1S/C21H20ClN3O4/c1-25(2)21(27)14-5-7-16(8-6-14)24-20(26)15(12-23)9-13-10-17(22)19(29-4)18(11-13)28-3/h5-11H,1-4H3,(H,24,26)/b15-9+. The zero-order chi connectivity index (χ0) is 21.6. The highest BCUT2D eigenvalue weighted by atomic mass is 35.5. The van der Waals surface area contributed by atoms with Crippen LogP contribution in [0.15, 0.2) is 42.0 Å². The van der Waals surface area contributed by atoms with Gasteiger partial charge in [0.05, 0.1) is 19.2 Å². The fourth-order valence-corrected chi connectivity index (χ4v) is 2.79. The Morgan fingerprint density at radius 1 is 1.14 bits per heavy atom. The lowest BCUT2D eigenvalue weighted by atomic mass is 10.1. The molecule has 0 spiro atoms. The van der Waals surface area contributed by atoms with E-state index < -0.39 is 5.91 Å². The molecule has 0 aliphatic carbocycles. The highest BCUT2D eigenvalue weighted by Gasteiger charge is 2.14. The normalized spacial score (nSPS) is 10.7. The molecule has 2 aromatic rings. The molecule has 7 nitrogen and oxygen atoms in total. The van der Waals surface area contributed by atoms with Crippen LogP contribution in [0, 0.1) is 11.3 Å². The van der Waals surface area contributed by atoms with Crippen molar-refractivity contribution in [3.05, 3.63) is 58.1 Å². The zero-order valence-corrected chi connectivity index (χ0v) is 17.2. The molecule has 2 aromatic carbocycles. The van der Waals surface area contributed by atoms with Crippen LogP contribution in [-0.4, -0.2) is 45.0 Å². The molecule has 1 N–H and O–H groups in total. The van der Waals surface area contributed by atoms with Crippen molar-refractivity contribution in [2.24, 2.45) is 0 Å². The van der Waals surface area contributed by atoms with Gasteiger partial charge in [0.2, 0.25) is 0 Å². The number of anilines is 1. The van der Waals surface area contributed by atoms with E-state index in [1.165, 1.54) is 25.2 Å². The van der Waals surface area contributed by atoms with Crippen molar-refractivity contribution in [2.45, 2.75) is 0 Å². The van der Waals surface area contributed by atoms with Crippen LogP contribution in [-0.2, 0) is 4.79 Å². The minimum atomic E-state index is -0.593. The van der Waals surface area contributed by atoms with Gasteiger partial charge in [0, 0.05) is 25.3 Å². The largest absolute Gasteiger partial charge is 0.493 e. The molecule has 0 bridgehead atoms. The zero-order valence-electron chi connectivity index (χ0n) is 16.4. The van der Waals surface area contributed by atoms with Crippen molar-refractivity contribution in [2.75, 3.05) is 33.6 Å². The molecule has 29 heavy (non-hydrogen) atoms. The van der Waals surface area contributed by atoms with E-state index in [1.807, 2.05) is 6.07 Å². The molecule has 0 saturated heterocycles. The van der Waals surface area contributed by atoms with Crippen LogP contribution in [0.25, 0.3) is 6.08 Å². The van der Waals surface area contributed by atoms with Crippen molar-refractivity contribution < 1.29 is 19.1 Å². The van der Waals surface area contributed by atoms with Gasteiger partial charge in [-0.1, -0.05) is 11.6 Å². The average Bonchev–Trinajstić information content (AvgIpc) is 2.71. The molecular formula is C21H20ClN3O4. The number of hydrogen-bond acceptors (Lipinski definition) is 5. The maximum Gasteiger partial charge on any atom is 0.266 e. The summed E-state index contributed by atoms with van der Waals surface area (Å²) >= 11 is 6.16. The third-order valence-corrected chi connectivity index (χ3v) is 4.21. The number of ether oxygens (including phenoxy) is 2. The molecule has 0 aliphatic rings. The summed E-state index contributed by atoms with van der Waals surface area (Å²) in [6.45, 7) is 0. The Kier molecular flexibility index (Phi) is 7.23. The number of benzene rings is 2. The second-order valence-electron chi connectivity index (χ2n) is 6.14. The molecule has 8 heteroatoms. The van der Waals surface area contributed by atoms with Crippen molar-refractivity contribution in [3.8, 4) is 17.6 Å². The third-order valence-electron chi connectivity index (χ3n) is 3.93. The molecule has 0 radical (unpaired) electrons. The number of methoxy groups -OCH3 is 2. The van der Waals surface area contributed by atoms with E-state index in [1.54, 1.807) is 50.5 Å².